The Balaban J connectivity index is 1.64. The van der Waals surface area contributed by atoms with Gasteiger partial charge in [0.05, 0.1) is 24.8 Å². The van der Waals surface area contributed by atoms with Gasteiger partial charge in [0.15, 0.2) is 0 Å². The van der Waals surface area contributed by atoms with E-state index in [0.717, 1.165) is 11.1 Å². The van der Waals surface area contributed by atoms with Crippen LogP contribution in [0.1, 0.15) is 45.7 Å². The summed E-state index contributed by atoms with van der Waals surface area (Å²) in [5, 5.41) is 9.87. The number of rotatable bonds is 7. The molecule has 1 N–H and O–H groups in total. The minimum absolute atomic E-state index is 0.130. The number of hydrogen-bond acceptors (Lipinski definition) is 6. The van der Waals surface area contributed by atoms with E-state index in [4.69, 9.17) is 4.74 Å². The van der Waals surface area contributed by atoms with Gasteiger partial charge in [-0.2, -0.15) is 0 Å². The topological polar surface area (TPSA) is 95.9 Å². The van der Waals surface area contributed by atoms with Crippen molar-refractivity contribution in [2.45, 2.75) is 26.0 Å². The molecule has 8 heteroatoms. The molecule has 1 aliphatic rings. The van der Waals surface area contributed by atoms with Gasteiger partial charge in [0.2, 0.25) is 5.88 Å². The number of ether oxygens (including phenoxy) is 1. The van der Waals surface area contributed by atoms with Gasteiger partial charge in [-0.25, -0.2) is 4.98 Å². The van der Waals surface area contributed by atoms with Gasteiger partial charge in [-0.05, 0) is 36.2 Å². The van der Waals surface area contributed by atoms with Crippen molar-refractivity contribution in [2.75, 3.05) is 26.7 Å². The molecule has 3 atom stereocenters. The van der Waals surface area contributed by atoms with Crippen molar-refractivity contribution in [3.05, 3.63) is 89.4 Å². The second kappa shape index (κ2) is 11.8. The lowest BCUT2D eigenvalue weighted by molar-refractivity contribution is 0.0313. The largest absolute Gasteiger partial charge is 0.472 e. The summed E-state index contributed by atoms with van der Waals surface area (Å²) < 4.78 is 6.30. The number of benzene rings is 1. The van der Waals surface area contributed by atoms with Crippen molar-refractivity contribution in [2.24, 2.45) is 5.92 Å². The monoisotopic (exact) mass is 500 g/mol. The molecule has 0 saturated carbocycles. The predicted octanol–water partition coefficient (Wildman–Crippen LogP) is 3.64. The summed E-state index contributed by atoms with van der Waals surface area (Å²) in [6.45, 7) is 4.27. The van der Waals surface area contributed by atoms with E-state index in [0.29, 0.717) is 24.2 Å². The summed E-state index contributed by atoms with van der Waals surface area (Å²) in [7, 11) is 1.72. The smallest absolute Gasteiger partial charge is 0.259 e. The maximum absolute atomic E-state index is 13.6. The molecule has 0 aliphatic carbocycles. The summed E-state index contributed by atoms with van der Waals surface area (Å²) in [5.74, 6) is -0.327. The Labute approximate surface area is 217 Å². The van der Waals surface area contributed by atoms with Crippen LogP contribution in [-0.4, -0.2) is 75.6 Å². The molecule has 1 aromatic carbocycles. The van der Waals surface area contributed by atoms with E-state index in [-0.39, 0.29) is 36.3 Å². The van der Waals surface area contributed by atoms with Gasteiger partial charge in [-0.1, -0.05) is 49.4 Å². The van der Waals surface area contributed by atoms with Crippen molar-refractivity contribution in [1.29, 1.82) is 0 Å². The predicted molar refractivity (Wildman–Crippen MR) is 142 cm³/mol. The number of fused-ring (bicyclic) bond motifs is 1. The second-order valence-electron chi connectivity index (χ2n) is 9.42. The normalized spacial score (nSPS) is 18.5. The zero-order valence-corrected chi connectivity index (χ0v) is 21.3. The third-order valence-electron chi connectivity index (χ3n) is 6.52. The second-order valence-corrected chi connectivity index (χ2v) is 9.42. The first-order valence-electron chi connectivity index (χ1n) is 12.3. The zero-order valence-electron chi connectivity index (χ0n) is 21.3. The van der Waals surface area contributed by atoms with Crippen molar-refractivity contribution in [3.8, 4) is 5.88 Å². The Bertz CT molecular complexity index is 1250. The molecule has 0 saturated heterocycles. The Hall–Kier alpha value is -4.04. The van der Waals surface area contributed by atoms with E-state index in [1.807, 2.05) is 56.3 Å². The number of carbonyl (C=O) groups excluding carboxylic acids is 2. The van der Waals surface area contributed by atoms with E-state index in [2.05, 4.69) is 9.97 Å². The van der Waals surface area contributed by atoms with Crippen LogP contribution in [0.4, 0.5) is 0 Å². The Morgan fingerprint density at radius 3 is 2.65 bits per heavy atom. The molecule has 4 rings (SSSR count). The van der Waals surface area contributed by atoms with Crippen LogP contribution >= 0.6 is 0 Å². The number of aromatic nitrogens is 2. The van der Waals surface area contributed by atoms with Crippen LogP contribution in [0, 0.1) is 5.92 Å². The third-order valence-corrected chi connectivity index (χ3v) is 6.52. The molecular formula is C29H32N4O4. The highest BCUT2D eigenvalue weighted by Gasteiger charge is 2.34. The highest BCUT2D eigenvalue weighted by Crippen LogP contribution is 2.28. The van der Waals surface area contributed by atoms with E-state index in [1.165, 1.54) is 6.20 Å². The van der Waals surface area contributed by atoms with Crippen molar-refractivity contribution in [1.82, 2.24) is 19.8 Å². The lowest BCUT2D eigenvalue weighted by Gasteiger charge is -2.37. The minimum Gasteiger partial charge on any atom is -0.472 e. The summed E-state index contributed by atoms with van der Waals surface area (Å²) in [5.41, 5.74) is 2.60. The average Bonchev–Trinajstić information content (AvgIpc) is 2.94. The van der Waals surface area contributed by atoms with Crippen LogP contribution in [-0.2, 0) is 0 Å². The maximum atomic E-state index is 13.6. The average molecular weight is 501 g/mol. The first-order valence-corrected chi connectivity index (χ1v) is 12.3. The number of aliphatic hydroxyl groups is 1. The number of pyridine rings is 2. The van der Waals surface area contributed by atoms with E-state index in [9.17, 15) is 14.7 Å². The highest BCUT2D eigenvalue weighted by atomic mass is 16.5. The molecule has 0 radical (unpaired) electrons. The third kappa shape index (κ3) is 6.21. The van der Waals surface area contributed by atoms with Gasteiger partial charge < -0.3 is 19.6 Å². The molecule has 0 fully saturated rings. The molecule has 3 aromatic rings. The SMILES string of the molecule is C[C@H](CO)N1C[C@H](C)[C@H](CN(C)C(=O)c2cccnc2)Oc2ncc(/C=C/c3ccccc3)cc2C1=O. The van der Waals surface area contributed by atoms with Crippen LogP contribution in [0.25, 0.3) is 12.2 Å². The van der Waals surface area contributed by atoms with Crippen LogP contribution < -0.4 is 4.74 Å². The summed E-state index contributed by atoms with van der Waals surface area (Å²) in [6.07, 6.45) is 8.25. The fraction of sp³-hybridized carbons (Fsp3) is 0.310. The van der Waals surface area contributed by atoms with Gasteiger partial charge in [-0.3, -0.25) is 14.6 Å². The first-order chi connectivity index (χ1) is 17.9. The van der Waals surface area contributed by atoms with E-state index < -0.39 is 6.10 Å². The van der Waals surface area contributed by atoms with Gasteiger partial charge >= 0.3 is 0 Å². The summed E-state index contributed by atoms with van der Waals surface area (Å²) in [4.78, 5) is 38.3. The maximum Gasteiger partial charge on any atom is 0.259 e. The quantitative estimate of drug-likeness (QED) is 0.532. The van der Waals surface area contributed by atoms with E-state index in [1.54, 1.807) is 47.4 Å². The van der Waals surface area contributed by atoms with Crippen molar-refractivity contribution >= 4 is 24.0 Å². The molecule has 37 heavy (non-hydrogen) atoms. The number of aliphatic hydroxyl groups excluding tert-OH is 1. The van der Waals surface area contributed by atoms with Gasteiger partial charge in [0.25, 0.3) is 11.8 Å². The van der Waals surface area contributed by atoms with Gasteiger partial charge in [0.1, 0.15) is 11.7 Å². The zero-order chi connectivity index (χ0) is 26.4. The molecule has 2 aromatic heterocycles. The molecule has 0 unspecified atom stereocenters. The van der Waals surface area contributed by atoms with Crippen molar-refractivity contribution < 1.29 is 19.4 Å². The molecule has 1 aliphatic heterocycles. The standard InChI is InChI=1S/C29H32N4O4/c1-20-17-33(21(2)19-34)29(36)25-14-23(12-11-22-8-5-4-6-9-22)15-31-27(25)37-26(20)18-32(3)28(35)24-10-7-13-30-16-24/h4-16,20-21,26,34H,17-19H2,1-3H3/b12-11+/t20-,21+,26-/m0/s1. The van der Waals surface area contributed by atoms with E-state index >= 15 is 0 Å². The number of likely N-dealkylation sites (N-methyl/N-ethyl adjacent to an activating group) is 1. The first kappa shape index (κ1) is 26.0. The van der Waals surface area contributed by atoms with Crippen LogP contribution in [0.3, 0.4) is 0 Å². The highest BCUT2D eigenvalue weighted by molar-refractivity contribution is 5.97. The molecule has 3 heterocycles. The van der Waals surface area contributed by atoms with Crippen LogP contribution in [0.5, 0.6) is 5.88 Å². The van der Waals surface area contributed by atoms with Gasteiger partial charge in [0, 0.05) is 38.1 Å². The molecule has 2 amide bonds. The van der Waals surface area contributed by atoms with Gasteiger partial charge in [-0.15, -0.1) is 0 Å². The molecule has 0 spiro atoms. The molecular weight excluding hydrogens is 468 g/mol. The number of carbonyl (C=O) groups is 2. The molecule has 8 nitrogen and oxygen atoms in total. The fourth-order valence-corrected chi connectivity index (χ4v) is 4.25. The Morgan fingerprint density at radius 1 is 1.19 bits per heavy atom. The number of amides is 2. The Kier molecular flexibility index (Phi) is 8.30. The van der Waals surface area contributed by atoms with Crippen LogP contribution in [0.2, 0.25) is 0 Å². The summed E-state index contributed by atoms with van der Waals surface area (Å²) >= 11 is 0. The van der Waals surface area contributed by atoms with Crippen LogP contribution in [0.15, 0.2) is 67.1 Å². The lowest BCUT2D eigenvalue weighted by atomic mass is 9.99. The summed E-state index contributed by atoms with van der Waals surface area (Å²) in [6, 6.07) is 14.7. The number of hydrogen-bond donors (Lipinski definition) is 1. The van der Waals surface area contributed by atoms with Crippen molar-refractivity contribution in [3.63, 3.8) is 0 Å². The lowest BCUT2D eigenvalue weighted by Crippen LogP contribution is -2.50. The number of nitrogens with zero attached hydrogens (tertiary/aromatic N) is 4. The molecule has 192 valence electrons. The minimum atomic E-state index is -0.427. The Morgan fingerprint density at radius 2 is 1.95 bits per heavy atom. The molecule has 0 bridgehead atoms. The fourth-order valence-electron chi connectivity index (χ4n) is 4.25.